The molecule has 0 N–H and O–H groups in total. The SMILES string of the molecule is CC.CCC.[CH-]=Cc1[c-]ccc(C)c1.[V+2]. The van der Waals surface area contributed by atoms with E-state index >= 15 is 0 Å². The van der Waals surface area contributed by atoms with Gasteiger partial charge >= 0.3 is 18.6 Å². The maximum atomic E-state index is 5.26. The van der Waals surface area contributed by atoms with Crippen molar-refractivity contribution in [2.75, 3.05) is 0 Å². The minimum atomic E-state index is 0. The molecule has 0 heterocycles. The largest absolute Gasteiger partial charge is 2.00 e. The Hall–Kier alpha value is -0.456. The summed E-state index contributed by atoms with van der Waals surface area (Å²) < 4.78 is 0. The third-order valence-electron chi connectivity index (χ3n) is 1.16. The van der Waals surface area contributed by atoms with Crippen LogP contribution < -0.4 is 0 Å². The van der Waals surface area contributed by atoms with Gasteiger partial charge in [-0.3, -0.25) is 0 Å². The number of hydrogen-bond acceptors (Lipinski definition) is 0. The number of benzene rings is 1. The maximum Gasteiger partial charge on any atom is 2.00 e. The van der Waals surface area contributed by atoms with Crippen molar-refractivity contribution >= 4 is 6.08 Å². The third-order valence-corrected chi connectivity index (χ3v) is 1.16. The Labute approximate surface area is 108 Å². The molecule has 0 nitrogen and oxygen atoms in total. The molecule has 0 fully saturated rings. The number of aryl methyl sites for hydroxylation is 1. The zero-order valence-electron chi connectivity index (χ0n) is 10.5. The molecule has 0 aliphatic heterocycles. The van der Waals surface area contributed by atoms with E-state index in [9.17, 15) is 0 Å². The minimum absolute atomic E-state index is 0. The van der Waals surface area contributed by atoms with Gasteiger partial charge in [0.25, 0.3) is 0 Å². The van der Waals surface area contributed by atoms with E-state index in [0.717, 1.165) is 5.56 Å². The van der Waals surface area contributed by atoms with Crippen LogP contribution in [0.2, 0.25) is 0 Å². The van der Waals surface area contributed by atoms with Gasteiger partial charge in [0.1, 0.15) is 0 Å². The van der Waals surface area contributed by atoms with Crippen LogP contribution in [0.25, 0.3) is 6.08 Å². The summed E-state index contributed by atoms with van der Waals surface area (Å²) >= 11 is 0. The van der Waals surface area contributed by atoms with Gasteiger partial charge < -0.3 is 18.2 Å². The van der Waals surface area contributed by atoms with Crippen molar-refractivity contribution in [3.05, 3.63) is 42.0 Å². The Morgan fingerprint density at radius 2 is 1.80 bits per heavy atom. The van der Waals surface area contributed by atoms with Crippen molar-refractivity contribution in [1.82, 2.24) is 0 Å². The Kier molecular flexibility index (Phi) is 21.3. The van der Waals surface area contributed by atoms with Crippen LogP contribution in [0.3, 0.4) is 0 Å². The molecule has 0 saturated heterocycles. The first-order valence-electron chi connectivity index (χ1n) is 5.27. The summed E-state index contributed by atoms with van der Waals surface area (Å²) in [6.07, 6.45) is 2.80. The van der Waals surface area contributed by atoms with Crippen molar-refractivity contribution in [2.45, 2.75) is 41.0 Å². The van der Waals surface area contributed by atoms with Gasteiger partial charge in [-0.2, -0.15) is 11.6 Å². The Morgan fingerprint density at radius 1 is 1.33 bits per heavy atom. The second-order valence-corrected chi connectivity index (χ2v) is 2.70. The second kappa shape index (κ2) is 16.0. The number of hydrogen-bond donors (Lipinski definition) is 0. The molecule has 1 radical (unpaired) electrons. The summed E-state index contributed by atoms with van der Waals surface area (Å²) in [6.45, 7) is 15.5. The molecule has 15 heavy (non-hydrogen) atoms. The monoisotopic (exact) mass is 241 g/mol. The molecule has 83 valence electrons. The molecular weight excluding hydrogens is 219 g/mol. The molecule has 0 unspecified atom stereocenters. The maximum absolute atomic E-state index is 5.26. The first-order valence-corrected chi connectivity index (χ1v) is 5.27. The topological polar surface area (TPSA) is 0 Å². The fourth-order valence-corrected chi connectivity index (χ4v) is 0.701. The van der Waals surface area contributed by atoms with E-state index in [0.29, 0.717) is 0 Å². The summed E-state index contributed by atoms with van der Waals surface area (Å²) in [7, 11) is 0. The fraction of sp³-hybridized carbons (Fsp3) is 0.429. The summed E-state index contributed by atoms with van der Waals surface area (Å²) in [6, 6.07) is 8.83. The Bertz CT molecular complexity index is 229. The molecule has 0 aliphatic rings. The van der Waals surface area contributed by atoms with Gasteiger partial charge in [0, 0.05) is 0 Å². The quantitative estimate of drug-likeness (QED) is 0.626. The predicted molar refractivity (Wildman–Crippen MR) is 66.1 cm³/mol. The van der Waals surface area contributed by atoms with Gasteiger partial charge in [-0.1, -0.05) is 41.0 Å². The van der Waals surface area contributed by atoms with Crippen LogP contribution in [0, 0.1) is 19.6 Å². The van der Waals surface area contributed by atoms with Crippen LogP contribution in [0.15, 0.2) is 18.2 Å². The summed E-state index contributed by atoms with van der Waals surface area (Å²) in [4.78, 5) is 0. The zero-order chi connectivity index (χ0) is 11.4. The van der Waals surface area contributed by atoms with E-state index < -0.39 is 0 Å². The zero-order valence-corrected chi connectivity index (χ0v) is 11.9. The van der Waals surface area contributed by atoms with Crippen LogP contribution in [-0.2, 0) is 18.6 Å². The van der Waals surface area contributed by atoms with Crippen LogP contribution in [0.1, 0.15) is 45.2 Å². The fourth-order valence-electron chi connectivity index (χ4n) is 0.701. The van der Waals surface area contributed by atoms with Crippen molar-refractivity contribution in [3.63, 3.8) is 0 Å². The third kappa shape index (κ3) is 13.5. The van der Waals surface area contributed by atoms with Gasteiger partial charge in [0.15, 0.2) is 0 Å². The molecule has 1 aromatic rings. The molecule has 0 amide bonds. The van der Waals surface area contributed by atoms with Gasteiger partial charge in [-0.05, 0) is 0 Å². The van der Waals surface area contributed by atoms with Gasteiger partial charge in [0.05, 0.1) is 0 Å². The summed E-state index contributed by atoms with van der Waals surface area (Å²) in [5, 5.41) is 0. The van der Waals surface area contributed by atoms with Crippen LogP contribution in [0.5, 0.6) is 0 Å². The molecule has 0 atom stereocenters. The molecule has 0 spiro atoms. The Balaban J connectivity index is -0.000000209. The molecule has 0 bridgehead atoms. The molecule has 1 rings (SSSR count). The second-order valence-electron chi connectivity index (χ2n) is 2.70. The van der Waals surface area contributed by atoms with Gasteiger partial charge in [-0.25, -0.2) is 12.1 Å². The number of rotatable bonds is 1. The molecule has 0 saturated carbocycles. The van der Waals surface area contributed by atoms with Crippen LogP contribution in [-0.4, -0.2) is 0 Å². The minimum Gasteiger partial charge on any atom is -0.344 e. The van der Waals surface area contributed by atoms with Crippen molar-refractivity contribution in [3.8, 4) is 0 Å². The van der Waals surface area contributed by atoms with E-state index in [1.54, 1.807) is 6.08 Å². The van der Waals surface area contributed by atoms with E-state index in [1.165, 1.54) is 12.0 Å². The summed E-state index contributed by atoms with van der Waals surface area (Å²) in [5.41, 5.74) is 2.17. The van der Waals surface area contributed by atoms with Crippen LogP contribution in [0.4, 0.5) is 0 Å². The molecule has 1 heteroatoms. The van der Waals surface area contributed by atoms with Gasteiger partial charge in [-0.15, -0.1) is 6.07 Å². The van der Waals surface area contributed by atoms with Gasteiger partial charge in [0.2, 0.25) is 0 Å². The van der Waals surface area contributed by atoms with E-state index in [4.69, 9.17) is 6.58 Å². The first kappa shape index (κ1) is 20.0. The standard InChI is InChI=1S/C9H8.C3H8.C2H6.V/c1-3-9-6-4-5-8(2)7-9;1-3-2;1-2;/h1,3-5,7H,2H3;3H2,1-2H3;1-2H3;/q-2;;;+2. The van der Waals surface area contributed by atoms with E-state index in [-0.39, 0.29) is 18.6 Å². The van der Waals surface area contributed by atoms with E-state index in [1.807, 2.05) is 39.0 Å². The predicted octanol–water partition coefficient (Wildman–Crippen LogP) is 4.68. The normalized spacial score (nSPS) is 7.00. The molecule has 1 aromatic carbocycles. The van der Waals surface area contributed by atoms with Crippen molar-refractivity contribution in [1.29, 1.82) is 0 Å². The van der Waals surface area contributed by atoms with Crippen molar-refractivity contribution in [2.24, 2.45) is 0 Å². The average Bonchev–Trinajstić information content (AvgIpc) is 2.22. The smallest absolute Gasteiger partial charge is 0.344 e. The Morgan fingerprint density at radius 3 is 2.07 bits per heavy atom. The first-order chi connectivity index (χ1) is 6.74. The molecule has 0 aromatic heterocycles. The van der Waals surface area contributed by atoms with E-state index in [2.05, 4.69) is 19.9 Å². The van der Waals surface area contributed by atoms with Crippen molar-refractivity contribution < 1.29 is 18.6 Å². The molecular formula is C14H22V. The molecule has 0 aliphatic carbocycles. The summed E-state index contributed by atoms with van der Waals surface area (Å²) in [5.74, 6) is 0. The average molecular weight is 241 g/mol. The van der Waals surface area contributed by atoms with Crippen LogP contribution >= 0.6 is 0 Å².